The van der Waals surface area contributed by atoms with Gasteiger partial charge in [-0.2, -0.15) is 0 Å². The van der Waals surface area contributed by atoms with Crippen LogP contribution in [-0.4, -0.2) is 15.9 Å². The summed E-state index contributed by atoms with van der Waals surface area (Å²) in [5, 5.41) is 3.14. The van der Waals surface area contributed by atoms with E-state index >= 15 is 0 Å². The van der Waals surface area contributed by atoms with Gasteiger partial charge in [-0.15, -0.1) is 11.3 Å². The normalized spacial score (nSPS) is 10.5. The Morgan fingerprint density at radius 1 is 1.14 bits per heavy atom. The number of benzene rings is 1. The number of hydrogen-bond acceptors (Lipinski definition) is 4. The number of carbonyl (C=O) groups is 1. The number of nitrogens with zero attached hydrogens (tertiary/aromatic N) is 2. The first kappa shape index (κ1) is 14.8. The van der Waals surface area contributed by atoms with Crippen LogP contribution in [0.4, 0.5) is 10.2 Å². The van der Waals surface area contributed by atoms with Gasteiger partial charge in [0.1, 0.15) is 21.5 Å². The predicted octanol–water partition coefficient (Wildman–Crippen LogP) is 4.36. The van der Waals surface area contributed by atoms with Crippen molar-refractivity contribution < 1.29 is 9.18 Å². The molecule has 0 bridgehead atoms. The minimum absolute atomic E-state index is 0.324. The van der Waals surface area contributed by atoms with Gasteiger partial charge in [0.2, 0.25) is 0 Å². The van der Waals surface area contributed by atoms with Crippen LogP contribution in [0.25, 0.3) is 10.6 Å². The van der Waals surface area contributed by atoms with Crippen LogP contribution in [0.5, 0.6) is 0 Å². The zero-order chi connectivity index (χ0) is 15.5. The average molecular weight is 378 g/mol. The molecule has 110 valence electrons. The van der Waals surface area contributed by atoms with Crippen molar-refractivity contribution in [3.05, 3.63) is 64.0 Å². The fourth-order valence-electron chi connectivity index (χ4n) is 1.77. The lowest BCUT2D eigenvalue weighted by Crippen LogP contribution is -2.11. The second kappa shape index (κ2) is 6.33. The van der Waals surface area contributed by atoms with Crippen LogP contribution in [0.3, 0.4) is 0 Å². The van der Waals surface area contributed by atoms with Gasteiger partial charge in [0, 0.05) is 16.2 Å². The highest BCUT2D eigenvalue weighted by Gasteiger charge is 2.14. The minimum Gasteiger partial charge on any atom is -0.306 e. The van der Waals surface area contributed by atoms with E-state index in [-0.39, 0.29) is 11.7 Å². The smallest absolute Gasteiger partial charge is 0.268 e. The Labute approximate surface area is 138 Å². The van der Waals surface area contributed by atoms with Crippen molar-refractivity contribution in [1.29, 1.82) is 0 Å². The maximum Gasteiger partial charge on any atom is 0.268 e. The van der Waals surface area contributed by atoms with Crippen LogP contribution in [0, 0.1) is 5.82 Å². The van der Waals surface area contributed by atoms with Gasteiger partial charge in [0.15, 0.2) is 0 Å². The van der Waals surface area contributed by atoms with Gasteiger partial charge in [-0.1, -0.05) is 12.1 Å². The van der Waals surface area contributed by atoms with Crippen LogP contribution in [0.1, 0.15) is 9.67 Å². The first-order valence-corrected chi connectivity index (χ1v) is 7.88. The molecule has 0 fully saturated rings. The maximum atomic E-state index is 13.7. The van der Waals surface area contributed by atoms with E-state index in [1.165, 1.54) is 12.3 Å². The molecule has 4 nitrogen and oxygen atoms in total. The Bertz CT molecular complexity index is 820. The second-order valence-electron chi connectivity index (χ2n) is 4.33. The van der Waals surface area contributed by atoms with E-state index in [9.17, 15) is 9.18 Å². The molecule has 0 aliphatic rings. The van der Waals surface area contributed by atoms with Crippen molar-refractivity contribution in [2.75, 3.05) is 5.32 Å². The van der Waals surface area contributed by atoms with Crippen LogP contribution in [0.15, 0.2) is 53.3 Å². The topological polar surface area (TPSA) is 54.9 Å². The minimum atomic E-state index is -0.363. The van der Waals surface area contributed by atoms with Crippen molar-refractivity contribution in [2.24, 2.45) is 0 Å². The van der Waals surface area contributed by atoms with Crippen LogP contribution in [-0.2, 0) is 0 Å². The van der Waals surface area contributed by atoms with E-state index in [4.69, 9.17) is 0 Å². The molecule has 1 aromatic carbocycles. The van der Waals surface area contributed by atoms with Gasteiger partial charge in [-0.3, -0.25) is 4.79 Å². The molecule has 7 heteroatoms. The SMILES string of the molecule is O=C(Nc1ccc(Br)cn1)c1cnc(-c2ccccc2F)s1. The average Bonchev–Trinajstić information content (AvgIpc) is 3.00. The van der Waals surface area contributed by atoms with E-state index < -0.39 is 0 Å². The molecule has 0 aliphatic carbocycles. The lowest BCUT2D eigenvalue weighted by atomic mass is 10.2. The Morgan fingerprint density at radius 2 is 1.95 bits per heavy atom. The molecule has 0 aliphatic heterocycles. The molecule has 0 radical (unpaired) electrons. The maximum absolute atomic E-state index is 13.7. The predicted molar refractivity (Wildman–Crippen MR) is 87.4 cm³/mol. The number of hydrogen-bond donors (Lipinski definition) is 1. The van der Waals surface area contributed by atoms with Crippen LogP contribution in [0.2, 0.25) is 0 Å². The van der Waals surface area contributed by atoms with Gasteiger partial charge in [0.25, 0.3) is 5.91 Å². The molecule has 2 aromatic heterocycles. The summed E-state index contributed by atoms with van der Waals surface area (Å²) in [5.41, 5.74) is 0.383. The van der Waals surface area contributed by atoms with Gasteiger partial charge < -0.3 is 5.32 Å². The molecule has 0 saturated heterocycles. The number of carbonyl (C=O) groups excluding carboxylic acids is 1. The highest BCUT2D eigenvalue weighted by Crippen LogP contribution is 2.27. The number of anilines is 1. The first-order valence-electron chi connectivity index (χ1n) is 6.27. The van der Waals surface area contributed by atoms with Crippen molar-refractivity contribution in [3.8, 4) is 10.6 Å². The molecule has 0 spiro atoms. The monoisotopic (exact) mass is 377 g/mol. The first-order chi connectivity index (χ1) is 10.6. The van der Waals surface area contributed by atoms with Gasteiger partial charge >= 0.3 is 0 Å². The largest absolute Gasteiger partial charge is 0.306 e. The van der Waals surface area contributed by atoms with Gasteiger partial charge in [-0.05, 0) is 40.2 Å². The lowest BCUT2D eigenvalue weighted by molar-refractivity contribution is 0.103. The van der Waals surface area contributed by atoms with E-state index in [0.717, 1.165) is 15.8 Å². The third-order valence-corrected chi connectivity index (χ3v) is 4.30. The van der Waals surface area contributed by atoms with Crippen LogP contribution >= 0.6 is 27.3 Å². The molecular weight excluding hydrogens is 369 g/mol. The Morgan fingerprint density at radius 3 is 2.68 bits per heavy atom. The molecule has 3 rings (SSSR count). The summed E-state index contributed by atoms with van der Waals surface area (Å²) < 4.78 is 14.5. The number of halogens is 2. The fourth-order valence-corrected chi connectivity index (χ4v) is 2.84. The summed E-state index contributed by atoms with van der Waals surface area (Å²) in [5.74, 6) is -0.248. The number of rotatable bonds is 3. The van der Waals surface area contributed by atoms with Gasteiger partial charge in [0.05, 0.1) is 6.20 Å². The van der Waals surface area contributed by atoms with E-state index in [1.54, 1.807) is 36.5 Å². The Kier molecular flexibility index (Phi) is 4.26. The van der Waals surface area contributed by atoms with Crippen molar-refractivity contribution in [1.82, 2.24) is 9.97 Å². The van der Waals surface area contributed by atoms with E-state index in [2.05, 4.69) is 31.2 Å². The molecule has 0 atom stereocenters. The molecule has 1 amide bonds. The summed E-state index contributed by atoms with van der Waals surface area (Å²) in [6.07, 6.45) is 3.02. The number of nitrogens with one attached hydrogen (secondary N) is 1. The molecule has 1 N–H and O–H groups in total. The number of thiazole rings is 1. The van der Waals surface area contributed by atoms with Crippen molar-refractivity contribution in [2.45, 2.75) is 0 Å². The quantitative estimate of drug-likeness (QED) is 0.737. The number of amides is 1. The Hall–Kier alpha value is -2.12. The number of pyridine rings is 1. The third kappa shape index (κ3) is 3.20. The summed E-state index contributed by atoms with van der Waals surface area (Å²) >= 11 is 4.40. The van der Waals surface area contributed by atoms with Crippen molar-refractivity contribution >= 4 is 39.0 Å². The highest BCUT2D eigenvalue weighted by atomic mass is 79.9. The zero-order valence-corrected chi connectivity index (χ0v) is 13.5. The van der Waals surface area contributed by atoms with Gasteiger partial charge in [-0.25, -0.2) is 14.4 Å². The summed E-state index contributed by atoms with van der Waals surface area (Å²) in [6, 6.07) is 9.79. The highest BCUT2D eigenvalue weighted by molar-refractivity contribution is 9.10. The summed E-state index contributed by atoms with van der Waals surface area (Å²) in [4.78, 5) is 20.7. The molecule has 0 saturated carbocycles. The molecule has 3 aromatic rings. The van der Waals surface area contributed by atoms with E-state index in [0.29, 0.717) is 21.3 Å². The molecular formula is C15H9BrFN3OS. The molecule has 2 heterocycles. The standard InChI is InChI=1S/C15H9BrFN3OS/c16-9-5-6-13(18-7-9)20-14(21)12-8-19-15(22-12)10-3-1-2-4-11(10)17/h1-8H,(H,18,20,21). The third-order valence-electron chi connectivity index (χ3n) is 2.80. The van der Waals surface area contributed by atoms with Crippen LogP contribution < -0.4 is 5.32 Å². The zero-order valence-electron chi connectivity index (χ0n) is 11.1. The van der Waals surface area contributed by atoms with E-state index in [1.807, 2.05) is 0 Å². The summed E-state index contributed by atoms with van der Waals surface area (Å²) in [7, 11) is 0. The second-order valence-corrected chi connectivity index (χ2v) is 6.27. The fraction of sp³-hybridized carbons (Fsp3) is 0. The number of aromatic nitrogens is 2. The van der Waals surface area contributed by atoms with Crippen molar-refractivity contribution in [3.63, 3.8) is 0 Å². The summed E-state index contributed by atoms with van der Waals surface area (Å²) in [6.45, 7) is 0. The Balaban J connectivity index is 1.80. The molecule has 22 heavy (non-hydrogen) atoms. The molecule has 0 unspecified atom stereocenters. The lowest BCUT2D eigenvalue weighted by Gasteiger charge is -2.01.